The third kappa shape index (κ3) is 3.90. The van der Waals surface area contributed by atoms with Crippen LogP contribution in [0, 0.1) is 0 Å². The molecule has 31 heavy (non-hydrogen) atoms. The van der Waals surface area contributed by atoms with Crippen molar-refractivity contribution in [3.63, 3.8) is 0 Å². The number of anilines is 1. The molecule has 0 radical (unpaired) electrons. The van der Waals surface area contributed by atoms with Gasteiger partial charge in [-0.25, -0.2) is 17.7 Å². The van der Waals surface area contributed by atoms with E-state index in [0.717, 1.165) is 6.20 Å². The Morgan fingerprint density at radius 1 is 0.935 bits per heavy atom. The smallest absolute Gasteiger partial charge is 0.270 e. The summed E-state index contributed by atoms with van der Waals surface area (Å²) in [6.07, 6.45) is 1.09. The summed E-state index contributed by atoms with van der Waals surface area (Å²) in [5.74, 6) is -0.919. The van der Waals surface area contributed by atoms with Gasteiger partial charge in [0.25, 0.3) is 21.5 Å². The van der Waals surface area contributed by atoms with Crippen LogP contribution in [0.5, 0.6) is 5.75 Å². The predicted molar refractivity (Wildman–Crippen MR) is 115 cm³/mol. The molecule has 4 rings (SSSR count). The van der Waals surface area contributed by atoms with E-state index in [-0.39, 0.29) is 16.3 Å². The lowest BCUT2D eigenvalue weighted by Gasteiger charge is -2.23. The number of amides is 1. The Labute approximate surface area is 177 Å². The zero-order chi connectivity index (χ0) is 22.0. The minimum Gasteiger partial charge on any atom is -0.508 e. The van der Waals surface area contributed by atoms with Gasteiger partial charge in [-0.15, -0.1) is 0 Å². The van der Waals surface area contributed by atoms with E-state index in [2.05, 4.69) is 4.98 Å². The van der Waals surface area contributed by atoms with Crippen molar-refractivity contribution in [3.05, 3.63) is 95.4 Å². The SMILES string of the molecule is O=C(Cn1c(=O)cnc2ccccc21)N(c1ccc(O)cc1)S(=O)(=O)c1ccccc1. The van der Waals surface area contributed by atoms with Gasteiger partial charge in [0, 0.05) is 0 Å². The van der Waals surface area contributed by atoms with E-state index in [1.807, 2.05) is 0 Å². The molecule has 156 valence electrons. The van der Waals surface area contributed by atoms with Gasteiger partial charge in [0.15, 0.2) is 0 Å². The minimum absolute atomic E-state index is 0.0399. The Morgan fingerprint density at radius 2 is 1.58 bits per heavy atom. The van der Waals surface area contributed by atoms with Gasteiger partial charge < -0.3 is 5.11 Å². The summed E-state index contributed by atoms with van der Waals surface area (Å²) in [6, 6.07) is 19.5. The number of hydrogen-bond acceptors (Lipinski definition) is 6. The third-order valence-electron chi connectivity index (χ3n) is 4.64. The highest BCUT2D eigenvalue weighted by molar-refractivity contribution is 7.93. The fraction of sp³-hybridized carbons (Fsp3) is 0.0455. The zero-order valence-corrected chi connectivity index (χ0v) is 16.9. The van der Waals surface area contributed by atoms with Gasteiger partial charge in [-0.3, -0.25) is 14.2 Å². The van der Waals surface area contributed by atoms with E-state index in [9.17, 15) is 23.1 Å². The van der Waals surface area contributed by atoms with Crippen molar-refractivity contribution in [2.24, 2.45) is 0 Å². The summed E-state index contributed by atoms with van der Waals surface area (Å²) in [6.45, 7) is -0.519. The molecule has 0 unspecified atom stereocenters. The van der Waals surface area contributed by atoms with Crippen LogP contribution in [0.1, 0.15) is 0 Å². The van der Waals surface area contributed by atoms with Crippen LogP contribution in [0.15, 0.2) is 94.7 Å². The van der Waals surface area contributed by atoms with Gasteiger partial charge in [-0.05, 0) is 48.5 Å². The van der Waals surface area contributed by atoms with Gasteiger partial charge in [0.1, 0.15) is 12.3 Å². The topological polar surface area (TPSA) is 110 Å². The van der Waals surface area contributed by atoms with Crippen LogP contribution in [-0.4, -0.2) is 29.0 Å². The van der Waals surface area contributed by atoms with Gasteiger partial charge in [0.2, 0.25) is 0 Å². The molecule has 3 aromatic carbocycles. The second kappa shape index (κ2) is 8.04. The Bertz CT molecular complexity index is 1420. The quantitative estimate of drug-likeness (QED) is 0.516. The molecule has 1 N–H and O–H groups in total. The number of fused-ring (bicyclic) bond motifs is 1. The van der Waals surface area contributed by atoms with Crippen LogP contribution in [0.2, 0.25) is 0 Å². The van der Waals surface area contributed by atoms with Crippen LogP contribution in [0.25, 0.3) is 11.0 Å². The molecule has 8 nitrogen and oxygen atoms in total. The monoisotopic (exact) mass is 435 g/mol. The number of rotatable bonds is 5. The van der Waals surface area contributed by atoms with Crippen molar-refractivity contribution in [1.29, 1.82) is 0 Å². The van der Waals surface area contributed by atoms with Crippen LogP contribution >= 0.6 is 0 Å². The van der Waals surface area contributed by atoms with E-state index >= 15 is 0 Å². The zero-order valence-electron chi connectivity index (χ0n) is 16.1. The summed E-state index contributed by atoms with van der Waals surface area (Å²) in [5.41, 5.74) is 0.413. The van der Waals surface area contributed by atoms with Crippen LogP contribution in [-0.2, 0) is 21.4 Å². The van der Waals surface area contributed by atoms with Crippen molar-refractivity contribution < 1.29 is 18.3 Å². The van der Waals surface area contributed by atoms with E-state index < -0.39 is 28.0 Å². The minimum atomic E-state index is -4.28. The molecule has 0 spiro atoms. The molecule has 1 amide bonds. The number of benzene rings is 3. The highest BCUT2D eigenvalue weighted by atomic mass is 32.2. The van der Waals surface area contributed by atoms with Crippen molar-refractivity contribution in [3.8, 4) is 5.75 Å². The van der Waals surface area contributed by atoms with Crippen molar-refractivity contribution >= 4 is 32.7 Å². The normalized spacial score (nSPS) is 11.4. The molecule has 0 aliphatic heterocycles. The second-order valence-electron chi connectivity index (χ2n) is 6.66. The van der Waals surface area contributed by atoms with Crippen LogP contribution < -0.4 is 9.86 Å². The largest absolute Gasteiger partial charge is 0.508 e. The number of phenols is 1. The highest BCUT2D eigenvalue weighted by Crippen LogP contribution is 2.26. The van der Waals surface area contributed by atoms with Gasteiger partial charge in [-0.2, -0.15) is 0 Å². The van der Waals surface area contributed by atoms with E-state index in [1.165, 1.54) is 41.0 Å². The molecule has 0 fully saturated rings. The molecule has 4 aromatic rings. The molecule has 0 aliphatic rings. The second-order valence-corrected chi connectivity index (χ2v) is 8.45. The van der Waals surface area contributed by atoms with E-state index in [4.69, 9.17) is 0 Å². The maximum Gasteiger partial charge on any atom is 0.270 e. The summed E-state index contributed by atoms with van der Waals surface area (Å²) < 4.78 is 28.5. The average molecular weight is 435 g/mol. The van der Waals surface area contributed by atoms with Crippen molar-refractivity contribution in [2.75, 3.05) is 4.31 Å². The maximum absolute atomic E-state index is 13.3. The standard InChI is InChI=1S/C22H17N3O5S/c26-17-12-10-16(11-13-17)25(31(29,30)18-6-2-1-3-7-18)22(28)15-24-20-9-5-4-8-19(20)23-14-21(24)27/h1-14,26H,15H2. The average Bonchev–Trinajstić information content (AvgIpc) is 2.78. The lowest BCUT2D eigenvalue weighted by molar-refractivity contribution is -0.118. The fourth-order valence-corrected chi connectivity index (χ4v) is 4.62. The molecule has 1 aromatic heterocycles. The molecule has 9 heteroatoms. The molecule has 1 heterocycles. The van der Waals surface area contributed by atoms with E-state index in [0.29, 0.717) is 15.3 Å². The highest BCUT2D eigenvalue weighted by Gasteiger charge is 2.31. The first-order valence-electron chi connectivity index (χ1n) is 9.25. The van der Waals surface area contributed by atoms with E-state index in [1.54, 1.807) is 42.5 Å². The first-order chi connectivity index (χ1) is 14.9. The number of aromatic hydroxyl groups is 1. The molecular formula is C22H17N3O5S. The van der Waals surface area contributed by atoms with Crippen LogP contribution in [0.3, 0.4) is 0 Å². The summed E-state index contributed by atoms with van der Waals surface area (Å²) in [4.78, 5) is 29.7. The lowest BCUT2D eigenvalue weighted by Crippen LogP contribution is -2.41. The third-order valence-corrected chi connectivity index (χ3v) is 6.40. The number of para-hydroxylation sites is 2. The summed E-state index contributed by atoms with van der Waals surface area (Å²) >= 11 is 0. The van der Waals surface area contributed by atoms with Crippen molar-refractivity contribution in [2.45, 2.75) is 11.4 Å². The molecule has 0 aliphatic carbocycles. The Morgan fingerprint density at radius 3 is 2.29 bits per heavy atom. The Balaban J connectivity index is 1.83. The first-order valence-corrected chi connectivity index (χ1v) is 10.7. The fourth-order valence-electron chi connectivity index (χ4n) is 3.18. The van der Waals surface area contributed by atoms with Gasteiger partial charge in [0.05, 0.1) is 27.8 Å². The molecule has 0 saturated carbocycles. The number of aromatic nitrogens is 2. The molecule has 0 bridgehead atoms. The lowest BCUT2D eigenvalue weighted by atomic mass is 10.3. The molecule has 0 saturated heterocycles. The summed E-state index contributed by atoms with van der Waals surface area (Å²) in [5, 5.41) is 9.58. The number of carbonyl (C=O) groups is 1. The Hall–Kier alpha value is -3.98. The number of phenolic OH excluding ortho intramolecular Hbond substituents is 1. The molecular weight excluding hydrogens is 418 g/mol. The first kappa shape index (κ1) is 20.3. The molecule has 0 atom stereocenters. The van der Waals surface area contributed by atoms with Gasteiger partial charge in [-0.1, -0.05) is 30.3 Å². The van der Waals surface area contributed by atoms with Gasteiger partial charge >= 0.3 is 0 Å². The van der Waals surface area contributed by atoms with Crippen molar-refractivity contribution in [1.82, 2.24) is 9.55 Å². The number of hydrogen-bond donors (Lipinski definition) is 1. The number of carbonyl (C=O) groups excluding carboxylic acids is 1. The van der Waals surface area contributed by atoms with Crippen LogP contribution in [0.4, 0.5) is 5.69 Å². The Kier molecular flexibility index (Phi) is 5.26. The maximum atomic E-state index is 13.3. The summed E-state index contributed by atoms with van der Waals surface area (Å²) in [7, 11) is -4.28. The number of nitrogens with zero attached hydrogens (tertiary/aromatic N) is 3. The predicted octanol–water partition coefficient (Wildman–Crippen LogP) is 2.52. The number of sulfonamides is 1.